The van der Waals surface area contributed by atoms with Gasteiger partial charge in [0.1, 0.15) is 0 Å². The first-order valence-corrected chi connectivity index (χ1v) is 4.13. The van der Waals surface area contributed by atoms with Crippen LogP contribution < -0.4 is 0 Å². The summed E-state index contributed by atoms with van der Waals surface area (Å²) < 4.78 is 0. The third-order valence-corrected chi connectivity index (χ3v) is 1.85. The Morgan fingerprint density at radius 3 is 2.36 bits per heavy atom. The fraction of sp³-hybridized carbons (Fsp3) is 0.889. The first-order valence-electron chi connectivity index (χ1n) is 4.13. The SMILES string of the molecule is CCC(O)(CC#N)CC(C)C. The predicted molar refractivity (Wildman–Crippen MR) is 44.9 cm³/mol. The normalized spacial score (nSPS) is 16.0. The second-order valence-corrected chi connectivity index (χ2v) is 3.51. The van der Waals surface area contributed by atoms with Crippen molar-refractivity contribution < 1.29 is 5.11 Å². The van der Waals surface area contributed by atoms with Crippen LogP contribution in [0.15, 0.2) is 0 Å². The van der Waals surface area contributed by atoms with Crippen molar-refractivity contribution in [2.24, 2.45) is 5.92 Å². The van der Waals surface area contributed by atoms with Gasteiger partial charge in [0.05, 0.1) is 18.1 Å². The summed E-state index contributed by atoms with van der Waals surface area (Å²) >= 11 is 0. The van der Waals surface area contributed by atoms with Gasteiger partial charge in [-0.05, 0) is 18.8 Å². The Morgan fingerprint density at radius 1 is 1.55 bits per heavy atom. The van der Waals surface area contributed by atoms with Gasteiger partial charge in [-0.1, -0.05) is 20.8 Å². The van der Waals surface area contributed by atoms with E-state index in [-0.39, 0.29) is 6.42 Å². The third kappa shape index (κ3) is 4.00. The second-order valence-electron chi connectivity index (χ2n) is 3.51. The highest BCUT2D eigenvalue weighted by Crippen LogP contribution is 2.23. The quantitative estimate of drug-likeness (QED) is 0.675. The molecule has 0 heterocycles. The largest absolute Gasteiger partial charge is 0.389 e. The summed E-state index contributed by atoms with van der Waals surface area (Å²) in [4.78, 5) is 0. The molecule has 0 aromatic rings. The predicted octanol–water partition coefficient (Wildman–Crippen LogP) is 2.09. The molecule has 0 aromatic carbocycles. The first-order chi connectivity index (χ1) is 5.04. The van der Waals surface area contributed by atoms with E-state index < -0.39 is 5.60 Å². The maximum atomic E-state index is 9.77. The van der Waals surface area contributed by atoms with Crippen molar-refractivity contribution in [3.8, 4) is 6.07 Å². The average Bonchev–Trinajstić information content (AvgIpc) is 1.87. The molecular formula is C9H17NO. The molecule has 1 unspecified atom stereocenters. The molecule has 2 heteroatoms. The Bertz CT molecular complexity index is 148. The van der Waals surface area contributed by atoms with Crippen molar-refractivity contribution in [3.05, 3.63) is 0 Å². The fourth-order valence-electron chi connectivity index (χ4n) is 1.25. The fourth-order valence-corrected chi connectivity index (χ4v) is 1.25. The van der Waals surface area contributed by atoms with Crippen LogP contribution in [0.1, 0.15) is 40.0 Å². The van der Waals surface area contributed by atoms with Gasteiger partial charge in [0.2, 0.25) is 0 Å². The zero-order valence-corrected chi connectivity index (χ0v) is 7.59. The van der Waals surface area contributed by atoms with Crippen LogP contribution >= 0.6 is 0 Å². The molecule has 1 atom stereocenters. The van der Waals surface area contributed by atoms with Crippen molar-refractivity contribution in [1.82, 2.24) is 0 Å². The van der Waals surface area contributed by atoms with Crippen LogP contribution in [0.5, 0.6) is 0 Å². The summed E-state index contributed by atoms with van der Waals surface area (Å²) in [6.45, 7) is 6.02. The molecule has 0 aromatic heterocycles. The van der Waals surface area contributed by atoms with Crippen LogP contribution in [0.3, 0.4) is 0 Å². The van der Waals surface area contributed by atoms with E-state index in [1.807, 2.05) is 13.0 Å². The minimum Gasteiger partial charge on any atom is -0.389 e. The van der Waals surface area contributed by atoms with Gasteiger partial charge in [0.15, 0.2) is 0 Å². The van der Waals surface area contributed by atoms with Gasteiger partial charge in [0.25, 0.3) is 0 Å². The summed E-state index contributed by atoms with van der Waals surface area (Å²) in [6, 6.07) is 2.01. The van der Waals surface area contributed by atoms with Crippen LogP contribution in [-0.2, 0) is 0 Å². The summed E-state index contributed by atoms with van der Waals surface area (Å²) in [6.07, 6.45) is 1.64. The van der Waals surface area contributed by atoms with Crippen molar-refractivity contribution in [1.29, 1.82) is 5.26 Å². The summed E-state index contributed by atoms with van der Waals surface area (Å²) in [5.41, 5.74) is -0.747. The van der Waals surface area contributed by atoms with Gasteiger partial charge in [-0.15, -0.1) is 0 Å². The van der Waals surface area contributed by atoms with Crippen molar-refractivity contribution >= 4 is 0 Å². The minimum absolute atomic E-state index is 0.252. The number of rotatable bonds is 4. The minimum atomic E-state index is -0.747. The highest BCUT2D eigenvalue weighted by Gasteiger charge is 2.25. The lowest BCUT2D eigenvalue weighted by molar-refractivity contribution is 0.0203. The van der Waals surface area contributed by atoms with E-state index in [0.717, 1.165) is 6.42 Å². The molecule has 0 rings (SSSR count). The highest BCUT2D eigenvalue weighted by atomic mass is 16.3. The van der Waals surface area contributed by atoms with E-state index in [1.165, 1.54) is 0 Å². The Balaban J connectivity index is 4.01. The Kier molecular flexibility index (Phi) is 4.14. The van der Waals surface area contributed by atoms with Crippen molar-refractivity contribution in [3.63, 3.8) is 0 Å². The molecular weight excluding hydrogens is 138 g/mol. The first kappa shape index (κ1) is 10.4. The molecule has 2 nitrogen and oxygen atoms in total. The Hall–Kier alpha value is -0.550. The highest BCUT2D eigenvalue weighted by molar-refractivity contribution is 4.88. The van der Waals surface area contributed by atoms with Crippen LogP contribution in [0.4, 0.5) is 0 Å². The summed E-state index contributed by atoms with van der Waals surface area (Å²) in [7, 11) is 0. The standard InChI is InChI=1S/C9H17NO/c1-4-9(11,5-6-10)7-8(2)3/h8,11H,4-5,7H2,1-3H3. The zero-order valence-electron chi connectivity index (χ0n) is 7.59. The van der Waals surface area contributed by atoms with Gasteiger partial charge in [0, 0.05) is 0 Å². The van der Waals surface area contributed by atoms with Crippen LogP contribution in [-0.4, -0.2) is 10.7 Å². The number of aliphatic hydroxyl groups is 1. The monoisotopic (exact) mass is 155 g/mol. The molecule has 0 aliphatic carbocycles. The van der Waals surface area contributed by atoms with Crippen LogP contribution in [0.2, 0.25) is 0 Å². The van der Waals surface area contributed by atoms with Crippen LogP contribution in [0, 0.1) is 17.2 Å². The number of hydrogen-bond donors (Lipinski definition) is 1. The molecule has 0 aliphatic rings. The van der Waals surface area contributed by atoms with Gasteiger partial charge in [-0.25, -0.2) is 0 Å². The molecule has 11 heavy (non-hydrogen) atoms. The molecule has 0 saturated heterocycles. The molecule has 1 N–H and O–H groups in total. The van der Waals surface area contributed by atoms with Crippen molar-refractivity contribution in [2.75, 3.05) is 0 Å². The van der Waals surface area contributed by atoms with E-state index in [2.05, 4.69) is 13.8 Å². The maximum absolute atomic E-state index is 9.77. The maximum Gasteiger partial charge on any atom is 0.0777 e. The zero-order chi connectivity index (χ0) is 8.91. The molecule has 0 aliphatic heterocycles. The van der Waals surface area contributed by atoms with Crippen LogP contribution in [0.25, 0.3) is 0 Å². The molecule has 0 fully saturated rings. The molecule has 64 valence electrons. The van der Waals surface area contributed by atoms with E-state index in [0.29, 0.717) is 12.3 Å². The summed E-state index contributed by atoms with van der Waals surface area (Å²) in [5, 5.41) is 18.2. The van der Waals surface area contributed by atoms with E-state index in [4.69, 9.17) is 5.26 Å². The number of hydrogen-bond acceptors (Lipinski definition) is 2. The van der Waals surface area contributed by atoms with E-state index >= 15 is 0 Å². The lowest BCUT2D eigenvalue weighted by Gasteiger charge is -2.25. The average molecular weight is 155 g/mol. The lowest BCUT2D eigenvalue weighted by atomic mass is 9.88. The number of nitrogens with zero attached hydrogens (tertiary/aromatic N) is 1. The number of nitriles is 1. The molecule has 0 bridgehead atoms. The van der Waals surface area contributed by atoms with Gasteiger partial charge in [-0.3, -0.25) is 0 Å². The van der Waals surface area contributed by atoms with Crippen molar-refractivity contribution in [2.45, 2.75) is 45.6 Å². The lowest BCUT2D eigenvalue weighted by Crippen LogP contribution is -2.28. The van der Waals surface area contributed by atoms with Gasteiger partial charge >= 0.3 is 0 Å². The van der Waals surface area contributed by atoms with Gasteiger partial charge in [-0.2, -0.15) is 5.26 Å². The Morgan fingerprint density at radius 2 is 2.09 bits per heavy atom. The van der Waals surface area contributed by atoms with E-state index in [9.17, 15) is 5.11 Å². The molecule has 0 saturated carbocycles. The Labute approximate surface area is 68.8 Å². The molecule has 0 amide bonds. The van der Waals surface area contributed by atoms with E-state index in [1.54, 1.807) is 0 Å². The molecule has 0 radical (unpaired) electrons. The third-order valence-electron chi connectivity index (χ3n) is 1.85. The topological polar surface area (TPSA) is 44.0 Å². The smallest absolute Gasteiger partial charge is 0.0777 e. The second kappa shape index (κ2) is 4.35. The van der Waals surface area contributed by atoms with Gasteiger partial charge < -0.3 is 5.11 Å². The molecule has 0 spiro atoms. The summed E-state index contributed by atoms with van der Waals surface area (Å²) in [5.74, 6) is 0.452.